The summed E-state index contributed by atoms with van der Waals surface area (Å²) >= 11 is 1.03. The second-order valence-electron chi connectivity index (χ2n) is 10.2. The van der Waals surface area contributed by atoms with E-state index in [1.165, 1.54) is 61.1 Å². The first-order valence-electron chi connectivity index (χ1n) is 12.6. The average molecular weight is 647 g/mol. The molecule has 3 aliphatic rings. The number of sulfonamides is 1. The molecule has 3 fully saturated rings. The molecule has 3 saturated heterocycles. The summed E-state index contributed by atoms with van der Waals surface area (Å²) in [5, 5.41) is 10.8. The lowest BCUT2D eigenvalue weighted by molar-refractivity contribution is -1.08. The van der Waals surface area contributed by atoms with Crippen LogP contribution < -0.4 is 24.6 Å². The molecule has 11 nitrogen and oxygen atoms in total. The molecule has 39 heavy (non-hydrogen) atoms. The minimum atomic E-state index is -5.00. The summed E-state index contributed by atoms with van der Waals surface area (Å²) in [6.45, 7) is 12.7. The van der Waals surface area contributed by atoms with Gasteiger partial charge in [-0.15, -0.1) is 36.2 Å². The van der Waals surface area contributed by atoms with Crippen molar-refractivity contribution in [2.45, 2.75) is 24.0 Å². The highest BCUT2D eigenvalue weighted by molar-refractivity contribution is 7.92. The quantitative estimate of drug-likeness (QED) is 0.0917. The number of fused-ring (bicyclic) bond motifs is 4. The van der Waals surface area contributed by atoms with E-state index < -0.39 is 23.9 Å². The van der Waals surface area contributed by atoms with Crippen LogP contribution >= 0.6 is 43.7 Å². The Hall–Kier alpha value is -0.990. The lowest BCUT2D eigenvalue weighted by Crippen LogP contribution is -2.75. The number of hydrogen-bond donors (Lipinski definition) is 3. The summed E-state index contributed by atoms with van der Waals surface area (Å²) in [5.41, 5.74) is 0.500. The fourth-order valence-corrected chi connectivity index (χ4v) is 9.31. The van der Waals surface area contributed by atoms with Gasteiger partial charge in [0.15, 0.2) is 0 Å². The van der Waals surface area contributed by atoms with Crippen molar-refractivity contribution < 1.29 is 36.5 Å². The Labute approximate surface area is 246 Å². The number of nitrogens with one attached hydrogen (secondary N) is 3. The fraction of sp³-hybridized carbons (Fsp3) is 0.609. The molecule has 4 heterocycles. The third kappa shape index (κ3) is 8.51. The lowest BCUT2D eigenvalue weighted by Gasteiger charge is -2.55. The van der Waals surface area contributed by atoms with Gasteiger partial charge in [-0.3, -0.25) is 5.41 Å². The van der Waals surface area contributed by atoms with Crippen molar-refractivity contribution in [1.29, 1.82) is 5.41 Å². The zero-order chi connectivity index (χ0) is 26.7. The van der Waals surface area contributed by atoms with Crippen molar-refractivity contribution >= 4 is 70.2 Å². The number of aryl methyl sites for hydroxylation is 1. The normalized spacial score (nSPS) is 22.6. The standard InChI is InChI=1S/C23H36N5O6PS2.2ClH/c1-19-21-16-20(4-5-22(21)36-23(19)37(32,33)26-18-35(29,30)31)34-15-3-8-28-12-9-27(10-13-28,11-14-28)7-2-6-25-17-24;;/h4-5,16-17,26H,2-3,6-15,18H2,1H3,(H2-2,24,25,29,30,31);2*1H. The molecule has 3 aliphatic heterocycles. The molecule has 222 valence electrons. The Bertz CT molecular complexity index is 1260. The van der Waals surface area contributed by atoms with Crippen LogP contribution in [-0.4, -0.2) is 95.5 Å². The zero-order valence-electron chi connectivity index (χ0n) is 21.9. The molecule has 0 amide bonds. The van der Waals surface area contributed by atoms with E-state index in [0.717, 1.165) is 47.4 Å². The molecular formula is C23H38Cl2N5O6PS2. The number of thiophene rings is 1. The van der Waals surface area contributed by atoms with Gasteiger partial charge in [0.05, 0.1) is 26.0 Å². The molecule has 5 rings (SSSR count). The summed E-state index contributed by atoms with van der Waals surface area (Å²) in [6.07, 6.45) is 2.16. The zero-order valence-corrected chi connectivity index (χ0v) is 26.1. The van der Waals surface area contributed by atoms with E-state index in [2.05, 4.69) is 5.32 Å². The molecule has 0 atom stereocenters. The van der Waals surface area contributed by atoms with Gasteiger partial charge < -0.3 is 33.4 Å². The van der Waals surface area contributed by atoms with Crippen molar-refractivity contribution in [1.82, 2.24) is 10.0 Å². The largest absolute Gasteiger partial charge is 0.810 e. The Balaban J connectivity index is 0.00000267. The van der Waals surface area contributed by atoms with Gasteiger partial charge in [-0.1, -0.05) is 7.60 Å². The summed E-state index contributed by atoms with van der Waals surface area (Å²) in [7, 11) is -9.11. The molecule has 2 aromatic rings. The molecule has 0 aliphatic carbocycles. The average Bonchev–Trinajstić information content (AvgIpc) is 3.21. The molecule has 3 N–H and O–H groups in total. The van der Waals surface area contributed by atoms with E-state index in [0.29, 0.717) is 17.9 Å². The topological polar surface area (TPSA) is 154 Å². The maximum atomic E-state index is 12.5. The predicted octanol–water partition coefficient (Wildman–Crippen LogP) is 1.22. The van der Waals surface area contributed by atoms with E-state index in [4.69, 9.17) is 10.1 Å². The number of piperazine rings is 3. The van der Waals surface area contributed by atoms with Crippen molar-refractivity contribution in [3.05, 3.63) is 23.8 Å². The van der Waals surface area contributed by atoms with Crippen LogP contribution in [0.15, 0.2) is 22.4 Å². The highest BCUT2D eigenvalue weighted by Gasteiger charge is 2.48. The van der Waals surface area contributed by atoms with Crippen LogP contribution in [0.2, 0.25) is 0 Å². The Morgan fingerprint density at radius 3 is 2.23 bits per heavy atom. The van der Waals surface area contributed by atoms with E-state index in [1.54, 1.807) is 13.0 Å². The number of nitrogens with zero attached hydrogens (tertiary/aromatic N) is 2. The van der Waals surface area contributed by atoms with Gasteiger partial charge in [-0.2, -0.15) is 0 Å². The van der Waals surface area contributed by atoms with Gasteiger partial charge >= 0.3 is 0 Å². The van der Waals surface area contributed by atoms with Crippen molar-refractivity contribution in [3.8, 4) is 5.75 Å². The number of hydrogen-bond acceptors (Lipinski definition) is 8. The third-order valence-corrected chi connectivity index (χ3v) is 11.9. The summed E-state index contributed by atoms with van der Waals surface area (Å²) in [6, 6.07) is 5.44. The molecule has 16 heteroatoms. The van der Waals surface area contributed by atoms with Crippen molar-refractivity contribution in [3.63, 3.8) is 0 Å². The number of ether oxygens (including phenoxy) is 1. The monoisotopic (exact) mass is 645 g/mol. The van der Waals surface area contributed by atoms with E-state index in [-0.39, 0.29) is 29.0 Å². The van der Waals surface area contributed by atoms with Crippen LogP contribution in [0, 0.1) is 12.3 Å². The first-order valence-corrected chi connectivity index (χ1v) is 16.6. The van der Waals surface area contributed by atoms with Crippen molar-refractivity contribution in [2.24, 2.45) is 0 Å². The van der Waals surface area contributed by atoms with Crippen molar-refractivity contribution in [2.75, 3.05) is 71.8 Å². The molecule has 1 aromatic heterocycles. The van der Waals surface area contributed by atoms with Crippen LogP contribution in [0.4, 0.5) is 0 Å². The summed E-state index contributed by atoms with van der Waals surface area (Å²) in [5.74, 6) is 0.667. The van der Waals surface area contributed by atoms with Crippen LogP contribution in [-0.2, 0) is 14.6 Å². The van der Waals surface area contributed by atoms with Gasteiger partial charge in [0.2, 0.25) is 0 Å². The van der Waals surface area contributed by atoms with E-state index in [9.17, 15) is 22.8 Å². The number of halogens is 2. The fourth-order valence-electron chi connectivity index (χ4n) is 5.55. The van der Waals surface area contributed by atoms with E-state index in [1.807, 2.05) is 16.9 Å². The highest BCUT2D eigenvalue weighted by atomic mass is 35.5. The Morgan fingerprint density at radius 2 is 1.67 bits per heavy atom. The second-order valence-corrected chi connectivity index (χ2v) is 14.8. The van der Waals surface area contributed by atoms with Gasteiger partial charge in [-0.25, -0.2) is 13.1 Å². The second kappa shape index (κ2) is 13.8. The molecule has 0 spiro atoms. The number of quaternary nitrogens is 2. The van der Waals surface area contributed by atoms with Gasteiger partial charge in [-0.05, 0) is 30.7 Å². The Morgan fingerprint density at radius 1 is 1.08 bits per heavy atom. The van der Waals surface area contributed by atoms with Crippen LogP contribution in [0.5, 0.6) is 5.75 Å². The molecule has 0 saturated carbocycles. The van der Waals surface area contributed by atoms with Gasteiger partial charge in [0, 0.05) is 35.8 Å². The number of benzene rings is 1. The highest BCUT2D eigenvalue weighted by Crippen LogP contribution is 2.36. The van der Waals surface area contributed by atoms with E-state index >= 15 is 0 Å². The predicted molar refractivity (Wildman–Crippen MR) is 155 cm³/mol. The van der Waals surface area contributed by atoms with Gasteiger partial charge in [0.1, 0.15) is 49.2 Å². The summed E-state index contributed by atoms with van der Waals surface area (Å²) in [4.78, 5) is 21.7. The Kier molecular flexibility index (Phi) is 12.1. The molecular weight excluding hydrogens is 608 g/mol. The first-order chi connectivity index (χ1) is 17.5. The number of rotatable bonds is 14. The molecule has 0 unspecified atom stereocenters. The van der Waals surface area contributed by atoms with Crippen LogP contribution in [0.25, 0.3) is 10.1 Å². The first kappa shape index (κ1) is 34.2. The maximum Gasteiger partial charge on any atom is 0.250 e. The van der Waals surface area contributed by atoms with Crippen LogP contribution in [0.1, 0.15) is 18.4 Å². The van der Waals surface area contributed by atoms with Gasteiger partial charge in [0.25, 0.3) is 10.0 Å². The minimum absolute atomic E-state index is 0. The SMILES string of the molecule is Cc1c(S(=O)(=O)NCP(=O)([O-])[O-])sc2ccc(OCCC[N+]34CC[N+](CCCNC=N)(CC3)CC4)cc12.Cl.Cl. The van der Waals surface area contributed by atoms with Crippen LogP contribution in [0.3, 0.4) is 0 Å². The summed E-state index contributed by atoms with van der Waals surface area (Å²) < 4.78 is 47.0. The minimum Gasteiger partial charge on any atom is -0.810 e. The maximum absolute atomic E-state index is 12.5. The molecule has 0 radical (unpaired) electrons. The molecule has 2 bridgehead atoms. The lowest BCUT2D eigenvalue weighted by atomic mass is 10.1. The third-order valence-electron chi connectivity index (χ3n) is 7.80. The smallest absolute Gasteiger partial charge is 0.250 e. The molecule has 1 aromatic carbocycles.